The summed E-state index contributed by atoms with van der Waals surface area (Å²) in [7, 11) is 0. The minimum atomic E-state index is -2.86. The van der Waals surface area contributed by atoms with Gasteiger partial charge in [0.15, 0.2) is 5.82 Å². The highest BCUT2D eigenvalue weighted by atomic mass is 79.9. The van der Waals surface area contributed by atoms with Crippen molar-refractivity contribution in [1.29, 1.82) is 0 Å². The molecule has 6 rings (SSSR count). The second kappa shape index (κ2) is 12.3. The van der Waals surface area contributed by atoms with Gasteiger partial charge in [-0.1, -0.05) is 28.9 Å². The highest BCUT2D eigenvalue weighted by Gasteiger charge is 2.50. The number of benzene rings is 2. The topological polar surface area (TPSA) is 133 Å². The van der Waals surface area contributed by atoms with Crippen LogP contribution in [-0.2, 0) is 9.47 Å². The van der Waals surface area contributed by atoms with Gasteiger partial charge in [-0.25, -0.2) is 17.9 Å². The molecular formula is C27H22BrClF3N7O4. The van der Waals surface area contributed by atoms with Crippen LogP contribution in [0.15, 0.2) is 65.7 Å². The van der Waals surface area contributed by atoms with Gasteiger partial charge in [0, 0.05) is 22.2 Å². The van der Waals surface area contributed by atoms with E-state index in [0.717, 1.165) is 5.39 Å². The molecule has 1 saturated heterocycles. The number of halogens is 5. The maximum Gasteiger partial charge on any atom is 0.261 e. The van der Waals surface area contributed by atoms with Gasteiger partial charge in [-0.05, 0) is 46.3 Å². The van der Waals surface area contributed by atoms with E-state index in [1.54, 1.807) is 30.5 Å². The Balaban J connectivity index is 1.45. The maximum absolute atomic E-state index is 14.2. The summed E-state index contributed by atoms with van der Waals surface area (Å²) >= 11 is 9.50. The lowest BCUT2D eigenvalue weighted by molar-refractivity contribution is -0.229. The molecule has 2 N–H and O–H groups in total. The minimum absolute atomic E-state index is 0.110. The lowest BCUT2D eigenvalue weighted by Crippen LogP contribution is -2.54. The SMILES string of the molecule is OC[C@H]1O[C@@H](c2nncn2-c2cc(Cl)cc3cccnc23)[C@H](OCC(F)F)[C@@H](n2cc(-c3ccc(Br)c(F)c3)nn2)[C@H]1O. The number of ether oxygens (including phenoxy) is 2. The Morgan fingerprint density at radius 3 is 2.77 bits per heavy atom. The summed E-state index contributed by atoms with van der Waals surface area (Å²) in [5, 5.41) is 39.0. The third kappa shape index (κ3) is 5.75. The molecule has 0 spiro atoms. The molecule has 11 nitrogen and oxygen atoms in total. The third-order valence-corrected chi connectivity index (χ3v) is 7.91. The molecule has 0 radical (unpaired) electrons. The lowest BCUT2D eigenvalue weighted by Gasteiger charge is -2.43. The van der Waals surface area contributed by atoms with Crippen LogP contribution in [0, 0.1) is 5.82 Å². The fraction of sp³-hybridized carbons (Fsp3) is 0.296. The molecule has 4 heterocycles. The van der Waals surface area contributed by atoms with Gasteiger partial charge in [-0.15, -0.1) is 15.3 Å². The van der Waals surface area contributed by atoms with E-state index < -0.39 is 55.9 Å². The molecule has 1 fully saturated rings. The van der Waals surface area contributed by atoms with E-state index in [0.29, 0.717) is 21.8 Å². The number of rotatable bonds is 8. The number of aliphatic hydroxyl groups excluding tert-OH is 2. The van der Waals surface area contributed by atoms with E-state index in [4.69, 9.17) is 21.1 Å². The van der Waals surface area contributed by atoms with E-state index in [1.165, 1.54) is 33.9 Å². The molecule has 0 unspecified atom stereocenters. The normalized spacial score (nSPS) is 22.5. The van der Waals surface area contributed by atoms with Gasteiger partial charge in [0.2, 0.25) is 0 Å². The van der Waals surface area contributed by atoms with Crippen molar-refractivity contribution in [2.75, 3.05) is 13.2 Å². The molecule has 5 aromatic rings. The number of nitrogens with zero attached hydrogens (tertiary/aromatic N) is 7. The first-order valence-corrected chi connectivity index (χ1v) is 14.1. The van der Waals surface area contributed by atoms with Gasteiger partial charge in [0.1, 0.15) is 54.9 Å². The van der Waals surface area contributed by atoms with E-state index >= 15 is 0 Å². The van der Waals surface area contributed by atoms with Crippen molar-refractivity contribution in [2.45, 2.75) is 36.9 Å². The molecule has 1 aliphatic heterocycles. The average molecular weight is 681 g/mol. The molecule has 3 aromatic heterocycles. The smallest absolute Gasteiger partial charge is 0.261 e. The average Bonchev–Trinajstić information content (AvgIpc) is 3.67. The standard InChI is InChI=1S/C27H22BrClF3N7O4/c28-16-4-3-13(7-17(16)30)18-9-39(37-35-18)23-24(41)20(10-40)43-26(25(23)42-11-21(31)32)27-36-34-12-38(27)19-8-15(29)6-14-2-1-5-33-22(14)19/h1-9,12,20-21,23-26,40-41H,10-11H2/t20-,23+,24+,25-,26-/m1/s1. The van der Waals surface area contributed by atoms with Crippen LogP contribution in [0.2, 0.25) is 5.02 Å². The van der Waals surface area contributed by atoms with Crippen LogP contribution in [0.4, 0.5) is 13.2 Å². The Morgan fingerprint density at radius 1 is 1.16 bits per heavy atom. The molecule has 16 heteroatoms. The predicted octanol–water partition coefficient (Wildman–Crippen LogP) is 4.31. The van der Waals surface area contributed by atoms with E-state index in [9.17, 15) is 23.4 Å². The van der Waals surface area contributed by atoms with Gasteiger partial charge in [0.05, 0.1) is 28.5 Å². The Kier molecular flexibility index (Phi) is 8.44. The molecule has 0 aliphatic carbocycles. The highest BCUT2D eigenvalue weighted by molar-refractivity contribution is 9.10. The molecule has 0 amide bonds. The Morgan fingerprint density at radius 2 is 2.00 bits per heavy atom. The van der Waals surface area contributed by atoms with Crippen molar-refractivity contribution in [1.82, 2.24) is 34.7 Å². The summed E-state index contributed by atoms with van der Waals surface area (Å²) in [4.78, 5) is 4.45. The van der Waals surface area contributed by atoms with Gasteiger partial charge >= 0.3 is 0 Å². The second-order valence-electron chi connectivity index (χ2n) is 9.72. The molecule has 5 atom stereocenters. The second-order valence-corrected chi connectivity index (χ2v) is 11.0. The van der Waals surface area contributed by atoms with Crippen molar-refractivity contribution in [3.05, 3.63) is 82.3 Å². The van der Waals surface area contributed by atoms with Crippen LogP contribution < -0.4 is 0 Å². The van der Waals surface area contributed by atoms with Crippen LogP contribution in [0.1, 0.15) is 18.0 Å². The number of alkyl halides is 2. The number of pyridine rings is 1. The predicted molar refractivity (Wildman–Crippen MR) is 150 cm³/mol. The zero-order valence-electron chi connectivity index (χ0n) is 21.9. The van der Waals surface area contributed by atoms with Crippen molar-refractivity contribution < 1.29 is 32.9 Å². The zero-order valence-corrected chi connectivity index (χ0v) is 24.2. The fourth-order valence-corrected chi connectivity index (χ4v) is 5.60. The largest absolute Gasteiger partial charge is 0.394 e. The first kappa shape index (κ1) is 29.6. The lowest BCUT2D eigenvalue weighted by atomic mass is 9.91. The Hall–Kier alpha value is -3.47. The number of fused-ring (bicyclic) bond motifs is 1. The first-order valence-electron chi connectivity index (χ1n) is 12.9. The Labute approximate surface area is 255 Å². The number of hydrogen-bond donors (Lipinski definition) is 2. The maximum atomic E-state index is 14.2. The molecule has 224 valence electrons. The van der Waals surface area contributed by atoms with Gasteiger partial charge in [-0.3, -0.25) is 9.55 Å². The summed E-state index contributed by atoms with van der Waals surface area (Å²) < 4.78 is 55.9. The zero-order chi connectivity index (χ0) is 30.2. The van der Waals surface area contributed by atoms with Gasteiger partial charge in [-0.2, -0.15) is 0 Å². The van der Waals surface area contributed by atoms with Crippen LogP contribution in [-0.4, -0.2) is 82.9 Å². The van der Waals surface area contributed by atoms with Crippen LogP contribution in [0.3, 0.4) is 0 Å². The summed E-state index contributed by atoms with van der Waals surface area (Å²) in [5.74, 6) is -0.418. The molecular weight excluding hydrogens is 659 g/mol. The van der Waals surface area contributed by atoms with Crippen LogP contribution >= 0.6 is 27.5 Å². The van der Waals surface area contributed by atoms with Crippen LogP contribution in [0.5, 0.6) is 0 Å². The summed E-state index contributed by atoms with van der Waals surface area (Å²) in [6.07, 6.45) is -3.72. The number of aliphatic hydroxyl groups is 2. The van der Waals surface area contributed by atoms with Crippen molar-refractivity contribution in [2.24, 2.45) is 0 Å². The van der Waals surface area contributed by atoms with Gasteiger partial charge in [0.25, 0.3) is 6.43 Å². The minimum Gasteiger partial charge on any atom is -0.394 e. The van der Waals surface area contributed by atoms with Crippen molar-refractivity contribution >= 4 is 38.4 Å². The number of aromatic nitrogens is 7. The molecule has 43 heavy (non-hydrogen) atoms. The molecule has 0 bridgehead atoms. The third-order valence-electron chi connectivity index (χ3n) is 7.05. The van der Waals surface area contributed by atoms with Gasteiger partial charge < -0.3 is 19.7 Å². The quantitative estimate of drug-likeness (QED) is 0.246. The highest BCUT2D eigenvalue weighted by Crippen LogP contribution is 2.41. The summed E-state index contributed by atoms with van der Waals surface area (Å²) in [6.45, 7) is -1.64. The van der Waals surface area contributed by atoms with Crippen molar-refractivity contribution in [3.63, 3.8) is 0 Å². The van der Waals surface area contributed by atoms with E-state index in [1.807, 2.05) is 6.07 Å². The summed E-state index contributed by atoms with van der Waals surface area (Å²) in [6, 6.07) is 10.1. The van der Waals surface area contributed by atoms with Crippen LogP contribution in [0.25, 0.3) is 27.8 Å². The summed E-state index contributed by atoms with van der Waals surface area (Å²) in [5.41, 5.74) is 1.65. The first-order chi connectivity index (χ1) is 20.7. The molecule has 0 saturated carbocycles. The van der Waals surface area contributed by atoms with Crippen molar-refractivity contribution in [3.8, 4) is 16.9 Å². The Bertz CT molecular complexity index is 1760. The van der Waals surface area contributed by atoms with E-state index in [2.05, 4.69) is 41.4 Å². The molecule has 2 aromatic carbocycles. The molecule has 1 aliphatic rings. The monoisotopic (exact) mass is 679 g/mol. The fourth-order valence-electron chi connectivity index (χ4n) is 5.13. The van der Waals surface area contributed by atoms with E-state index in [-0.39, 0.29) is 16.0 Å². The number of hydrogen-bond acceptors (Lipinski definition) is 9.